The second-order valence-electron chi connectivity index (χ2n) is 8.29. The van der Waals surface area contributed by atoms with Gasteiger partial charge < -0.3 is 19.5 Å². The number of rotatable bonds is 8. The highest BCUT2D eigenvalue weighted by molar-refractivity contribution is 5.50. The van der Waals surface area contributed by atoms with E-state index in [2.05, 4.69) is 30.5 Å². The molecule has 2 atom stereocenters. The van der Waals surface area contributed by atoms with E-state index in [9.17, 15) is 31.1 Å². The van der Waals surface area contributed by atoms with Crippen molar-refractivity contribution in [2.75, 3.05) is 29.9 Å². The third-order valence-corrected chi connectivity index (χ3v) is 5.42. The molecule has 4 rings (SSSR count). The van der Waals surface area contributed by atoms with Crippen molar-refractivity contribution < 1.29 is 35.6 Å². The Kier molecular flexibility index (Phi) is 7.33. The zero-order chi connectivity index (χ0) is 26.8. The van der Waals surface area contributed by atoms with Crippen molar-refractivity contribution >= 4 is 11.6 Å². The summed E-state index contributed by atoms with van der Waals surface area (Å²) >= 11 is 0. The second kappa shape index (κ2) is 10.3. The van der Waals surface area contributed by atoms with Crippen LogP contribution in [0.15, 0.2) is 27.9 Å². The molecule has 4 heterocycles. The number of alkyl halides is 6. The highest BCUT2D eigenvalue weighted by Crippen LogP contribution is 2.32. The van der Waals surface area contributed by atoms with Gasteiger partial charge in [-0.1, -0.05) is 5.16 Å². The summed E-state index contributed by atoms with van der Waals surface area (Å²) in [6, 6.07) is -0.626. The van der Waals surface area contributed by atoms with Crippen molar-refractivity contribution in [3.8, 4) is 0 Å². The molecule has 0 aromatic carbocycles. The minimum atomic E-state index is -4.87. The summed E-state index contributed by atoms with van der Waals surface area (Å²) in [5.41, 5.74) is -4.16. The van der Waals surface area contributed by atoms with E-state index in [-0.39, 0.29) is 31.0 Å². The molecule has 1 fully saturated rings. The summed E-state index contributed by atoms with van der Waals surface area (Å²) in [5.74, 6) is 0.505. The minimum absolute atomic E-state index is 0.0513. The maximum atomic E-state index is 13.1. The average molecular weight is 534 g/mol. The lowest BCUT2D eigenvalue weighted by Gasteiger charge is -2.17. The monoisotopic (exact) mass is 534 g/mol. The Morgan fingerprint density at radius 1 is 1.19 bits per heavy atom. The van der Waals surface area contributed by atoms with Crippen molar-refractivity contribution in [2.45, 2.75) is 44.3 Å². The van der Waals surface area contributed by atoms with Gasteiger partial charge in [0.05, 0.1) is 24.1 Å². The number of anilines is 2. The third kappa shape index (κ3) is 6.33. The number of aromatic nitrogens is 6. The van der Waals surface area contributed by atoms with Crippen LogP contribution >= 0.6 is 0 Å². The van der Waals surface area contributed by atoms with Gasteiger partial charge in [0, 0.05) is 37.4 Å². The van der Waals surface area contributed by atoms with Crippen LogP contribution in [0.5, 0.6) is 0 Å². The number of halogens is 6. The summed E-state index contributed by atoms with van der Waals surface area (Å²) in [6.07, 6.45) is -6.47. The van der Waals surface area contributed by atoms with Gasteiger partial charge >= 0.3 is 12.4 Å². The standard InChI is InChI=1S/C20H20F6N8O3/c1-10(30-13-6-29-32-17(35)15(13)20(24,25)26)8-36-9-14-31-16(33-37-14)11-2-3-34(7-11)18-27-4-12(5-28-18)19(21,22)23/h4-6,10-11H,2-3,7-9H2,1H3,(H2,30,32,35). The first kappa shape index (κ1) is 26.3. The Hall–Kier alpha value is -3.76. The van der Waals surface area contributed by atoms with Crippen molar-refractivity contribution in [1.82, 2.24) is 30.3 Å². The molecule has 0 amide bonds. The Labute approximate surface area is 204 Å². The van der Waals surface area contributed by atoms with Crippen LogP contribution in [-0.2, 0) is 23.7 Å². The maximum Gasteiger partial charge on any atom is 0.423 e. The fourth-order valence-corrected chi connectivity index (χ4v) is 3.70. The molecule has 1 aliphatic heterocycles. The number of nitrogens with zero attached hydrogens (tertiary/aromatic N) is 6. The number of nitrogens with one attached hydrogen (secondary N) is 2. The van der Waals surface area contributed by atoms with E-state index in [1.165, 1.54) is 0 Å². The van der Waals surface area contributed by atoms with Gasteiger partial charge in [0.1, 0.15) is 12.2 Å². The molecule has 0 aliphatic carbocycles. The Morgan fingerprint density at radius 2 is 1.92 bits per heavy atom. The fraction of sp³-hybridized carbons (Fsp3) is 0.500. The van der Waals surface area contributed by atoms with Crippen LogP contribution in [0.1, 0.15) is 42.1 Å². The van der Waals surface area contributed by atoms with Crippen molar-refractivity contribution in [3.05, 3.63) is 51.8 Å². The minimum Gasteiger partial charge on any atom is -0.378 e. The van der Waals surface area contributed by atoms with Crippen LogP contribution in [0.25, 0.3) is 0 Å². The van der Waals surface area contributed by atoms with Gasteiger partial charge in [-0.15, -0.1) is 0 Å². The van der Waals surface area contributed by atoms with Crippen LogP contribution in [0.3, 0.4) is 0 Å². The first-order valence-corrected chi connectivity index (χ1v) is 10.9. The van der Waals surface area contributed by atoms with Crippen LogP contribution in [0.2, 0.25) is 0 Å². The Bertz CT molecular complexity index is 1260. The smallest absolute Gasteiger partial charge is 0.378 e. The summed E-state index contributed by atoms with van der Waals surface area (Å²) < 4.78 is 88.1. The number of hydrogen-bond donors (Lipinski definition) is 2. The van der Waals surface area contributed by atoms with Gasteiger partial charge in [-0.3, -0.25) is 4.79 Å². The summed E-state index contributed by atoms with van der Waals surface area (Å²) in [6.45, 7) is 2.24. The molecule has 200 valence electrons. The lowest BCUT2D eigenvalue weighted by molar-refractivity contribution is -0.139. The van der Waals surface area contributed by atoms with Crippen LogP contribution in [0, 0.1) is 0 Å². The molecule has 1 saturated heterocycles. The van der Waals surface area contributed by atoms with Gasteiger partial charge in [0.15, 0.2) is 5.82 Å². The molecule has 11 nitrogen and oxygen atoms in total. The van der Waals surface area contributed by atoms with Gasteiger partial charge in [0.25, 0.3) is 11.4 Å². The van der Waals surface area contributed by atoms with E-state index in [0.29, 0.717) is 25.3 Å². The zero-order valence-electron chi connectivity index (χ0n) is 19.1. The molecule has 0 radical (unpaired) electrons. The first-order valence-electron chi connectivity index (χ1n) is 10.9. The molecular weight excluding hydrogens is 514 g/mol. The second-order valence-corrected chi connectivity index (χ2v) is 8.29. The average Bonchev–Trinajstić information content (AvgIpc) is 3.48. The molecular formula is C20H20F6N8O3. The number of H-pyrrole nitrogens is 1. The zero-order valence-corrected chi connectivity index (χ0v) is 19.1. The lowest BCUT2D eigenvalue weighted by Crippen LogP contribution is -2.29. The molecule has 3 aromatic rings. The summed E-state index contributed by atoms with van der Waals surface area (Å²) in [5, 5.41) is 11.6. The van der Waals surface area contributed by atoms with Crippen LogP contribution < -0.4 is 15.8 Å². The number of hydrogen-bond acceptors (Lipinski definition) is 10. The normalized spacial score (nSPS) is 17.3. The molecule has 2 unspecified atom stereocenters. The topological polar surface area (TPSA) is 135 Å². The van der Waals surface area contributed by atoms with E-state index in [1.807, 2.05) is 0 Å². The van der Waals surface area contributed by atoms with Gasteiger partial charge in [-0.25, -0.2) is 15.1 Å². The van der Waals surface area contributed by atoms with Crippen molar-refractivity contribution in [2.24, 2.45) is 0 Å². The highest BCUT2D eigenvalue weighted by Gasteiger charge is 2.37. The van der Waals surface area contributed by atoms with Crippen molar-refractivity contribution in [3.63, 3.8) is 0 Å². The third-order valence-electron chi connectivity index (χ3n) is 5.42. The molecule has 0 saturated carbocycles. The van der Waals surface area contributed by atoms with Crippen molar-refractivity contribution in [1.29, 1.82) is 0 Å². The molecule has 0 bridgehead atoms. The van der Waals surface area contributed by atoms with E-state index in [1.54, 1.807) is 16.9 Å². The van der Waals surface area contributed by atoms with E-state index in [0.717, 1.165) is 18.6 Å². The first-order chi connectivity index (χ1) is 17.4. The Morgan fingerprint density at radius 3 is 2.59 bits per heavy atom. The van der Waals surface area contributed by atoms with E-state index in [4.69, 9.17) is 9.26 Å². The molecule has 2 N–H and O–H groups in total. The summed E-state index contributed by atoms with van der Waals surface area (Å²) in [7, 11) is 0. The van der Waals surface area contributed by atoms with E-state index < -0.39 is 40.8 Å². The molecule has 1 aliphatic rings. The highest BCUT2D eigenvalue weighted by atomic mass is 19.4. The fourth-order valence-electron chi connectivity index (χ4n) is 3.70. The largest absolute Gasteiger partial charge is 0.423 e. The van der Waals surface area contributed by atoms with Gasteiger partial charge in [0.2, 0.25) is 5.95 Å². The summed E-state index contributed by atoms with van der Waals surface area (Å²) in [4.78, 5) is 25.1. The quantitative estimate of drug-likeness (QED) is 0.415. The lowest BCUT2D eigenvalue weighted by atomic mass is 10.1. The molecule has 37 heavy (non-hydrogen) atoms. The van der Waals surface area contributed by atoms with E-state index >= 15 is 0 Å². The molecule has 3 aromatic heterocycles. The predicted octanol–water partition coefficient (Wildman–Crippen LogP) is 2.99. The predicted molar refractivity (Wildman–Crippen MR) is 114 cm³/mol. The Balaban J connectivity index is 1.28. The molecule has 0 spiro atoms. The van der Waals surface area contributed by atoms with Gasteiger partial charge in [-0.2, -0.15) is 36.4 Å². The molecule has 17 heteroatoms. The van der Waals surface area contributed by atoms with Gasteiger partial charge in [-0.05, 0) is 13.3 Å². The SMILES string of the molecule is CC(COCc1nc(C2CCN(c3ncc(C(F)(F)F)cn3)C2)no1)Nc1cn[nH]c(=O)c1C(F)(F)F. The maximum absolute atomic E-state index is 13.1. The number of aromatic amines is 1. The van der Waals surface area contributed by atoms with Crippen LogP contribution in [0.4, 0.5) is 38.0 Å². The number of ether oxygens (including phenoxy) is 1. The van der Waals surface area contributed by atoms with Crippen LogP contribution in [-0.4, -0.2) is 56.0 Å².